The van der Waals surface area contributed by atoms with Gasteiger partial charge in [-0.2, -0.15) is 0 Å². The summed E-state index contributed by atoms with van der Waals surface area (Å²) in [7, 11) is 0. The van der Waals surface area contributed by atoms with Gasteiger partial charge >= 0.3 is 0 Å². The Morgan fingerprint density at radius 3 is 2.07 bits per heavy atom. The summed E-state index contributed by atoms with van der Waals surface area (Å²) in [6.45, 7) is 2.00. The van der Waals surface area contributed by atoms with Crippen LogP contribution in [0.25, 0.3) is 0 Å². The average Bonchev–Trinajstić information content (AvgIpc) is 3.49. The highest BCUT2D eigenvalue weighted by atomic mass is 16.5. The number of hydrogen-bond acceptors (Lipinski definition) is 3. The lowest BCUT2D eigenvalue weighted by atomic mass is 9.63. The molecule has 2 amide bonds. The molecule has 5 aliphatic rings. The number of hydrogen-bond donors (Lipinski definition) is 0. The van der Waals surface area contributed by atoms with Crippen molar-refractivity contribution in [3.05, 3.63) is 66.2 Å². The minimum atomic E-state index is -0.158. The lowest BCUT2D eigenvalue weighted by molar-refractivity contribution is -0.124. The molecule has 1 heterocycles. The normalized spacial score (nSPS) is 34.4. The number of carbonyl (C=O) groups excluding carboxylic acids is 2. The van der Waals surface area contributed by atoms with Gasteiger partial charge in [0.05, 0.1) is 17.5 Å². The summed E-state index contributed by atoms with van der Waals surface area (Å²) in [5.74, 6) is 2.89. The van der Waals surface area contributed by atoms with Gasteiger partial charge in [0.25, 0.3) is 0 Å². The first-order valence-corrected chi connectivity index (χ1v) is 10.0. The molecule has 2 saturated carbocycles. The molecule has 4 heteroatoms. The number of rotatable bonds is 3. The molecule has 1 saturated heterocycles. The molecule has 2 aromatic rings. The molecule has 0 unspecified atom stereocenters. The average molecular weight is 371 g/mol. The number of nitrogens with zero attached hydrogens (tertiary/aromatic N) is 1. The number of allylic oxidation sites excluding steroid dienone is 2. The Balaban J connectivity index is 1.27. The van der Waals surface area contributed by atoms with Gasteiger partial charge in [-0.05, 0) is 72.9 Å². The van der Waals surface area contributed by atoms with Crippen LogP contribution in [0.2, 0.25) is 0 Å². The van der Waals surface area contributed by atoms with E-state index in [4.69, 9.17) is 4.74 Å². The molecule has 0 spiro atoms. The van der Waals surface area contributed by atoms with Crippen molar-refractivity contribution in [2.75, 3.05) is 4.90 Å². The van der Waals surface area contributed by atoms with E-state index in [9.17, 15) is 9.59 Å². The Hall–Kier alpha value is -2.88. The summed E-state index contributed by atoms with van der Waals surface area (Å²) in [6.07, 6.45) is 5.59. The van der Waals surface area contributed by atoms with Crippen molar-refractivity contribution < 1.29 is 14.3 Å². The summed E-state index contributed by atoms with van der Waals surface area (Å²) in [5, 5.41) is 0. The predicted octanol–water partition coefficient (Wildman–Crippen LogP) is 4.34. The van der Waals surface area contributed by atoms with Gasteiger partial charge in [-0.25, -0.2) is 0 Å². The zero-order chi connectivity index (χ0) is 19.0. The molecule has 140 valence electrons. The number of imide groups is 1. The topological polar surface area (TPSA) is 46.6 Å². The second-order valence-electron chi connectivity index (χ2n) is 8.53. The van der Waals surface area contributed by atoms with Gasteiger partial charge in [0.2, 0.25) is 11.8 Å². The predicted molar refractivity (Wildman–Crippen MR) is 105 cm³/mol. The van der Waals surface area contributed by atoms with Gasteiger partial charge in [0, 0.05) is 0 Å². The van der Waals surface area contributed by atoms with Crippen LogP contribution in [0.3, 0.4) is 0 Å². The highest BCUT2D eigenvalue weighted by molar-refractivity contribution is 6.22. The Labute approximate surface area is 163 Å². The first-order valence-electron chi connectivity index (χ1n) is 10.0. The minimum Gasteiger partial charge on any atom is -0.457 e. The molecule has 4 aliphatic carbocycles. The van der Waals surface area contributed by atoms with Crippen LogP contribution in [-0.4, -0.2) is 11.8 Å². The van der Waals surface area contributed by atoms with Crippen LogP contribution in [0.1, 0.15) is 12.0 Å². The van der Waals surface area contributed by atoms with E-state index in [1.165, 1.54) is 11.3 Å². The third kappa shape index (κ3) is 2.12. The SMILES string of the molecule is Cc1ccccc1Oc1ccc(N2C(=O)[C@@H]3[C@H]4C=C[C@@H]([C@@H]5C[C@@H]45)[C@@H]3C2=O)cc1. The number of amides is 2. The Morgan fingerprint density at radius 2 is 1.46 bits per heavy atom. The minimum absolute atomic E-state index is 0.0210. The second kappa shape index (κ2) is 5.57. The molecular weight excluding hydrogens is 350 g/mol. The fraction of sp³-hybridized carbons (Fsp3) is 0.333. The molecule has 6 atom stereocenters. The van der Waals surface area contributed by atoms with Gasteiger partial charge in [-0.3, -0.25) is 14.5 Å². The van der Waals surface area contributed by atoms with Crippen molar-refractivity contribution >= 4 is 17.5 Å². The highest BCUT2D eigenvalue weighted by Gasteiger charge is 2.67. The van der Waals surface area contributed by atoms with Crippen molar-refractivity contribution in [1.29, 1.82) is 0 Å². The van der Waals surface area contributed by atoms with Crippen molar-refractivity contribution in [2.24, 2.45) is 35.5 Å². The zero-order valence-electron chi connectivity index (χ0n) is 15.6. The van der Waals surface area contributed by atoms with Crippen molar-refractivity contribution in [2.45, 2.75) is 13.3 Å². The lowest BCUT2D eigenvalue weighted by Crippen LogP contribution is -2.40. The summed E-state index contributed by atoms with van der Waals surface area (Å²) < 4.78 is 5.94. The number of benzene rings is 2. The number of carbonyl (C=O) groups is 2. The maximum atomic E-state index is 13.2. The lowest BCUT2D eigenvalue weighted by Gasteiger charge is -2.37. The first kappa shape index (κ1) is 16.1. The quantitative estimate of drug-likeness (QED) is 0.595. The largest absolute Gasteiger partial charge is 0.457 e. The van der Waals surface area contributed by atoms with Gasteiger partial charge < -0.3 is 4.74 Å². The van der Waals surface area contributed by atoms with E-state index >= 15 is 0 Å². The Bertz CT molecular complexity index is 988. The highest BCUT2D eigenvalue weighted by Crippen LogP contribution is 2.65. The molecule has 1 aliphatic heterocycles. The van der Waals surface area contributed by atoms with Gasteiger partial charge in [0.15, 0.2) is 0 Å². The van der Waals surface area contributed by atoms with E-state index in [-0.39, 0.29) is 35.5 Å². The number of ether oxygens (including phenoxy) is 1. The second-order valence-corrected chi connectivity index (χ2v) is 8.53. The van der Waals surface area contributed by atoms with E-state index in [2.05, 4.69) is 12.2 Å². The van der Waals surface area contributed by atoms with E-state index in [0.717, 1.165) is 11.3 Å². The third-order valence-corrected chi connectivity index (χ3v) is 7.08. The van der Waals surface area contributed by atoms with Crippen LogP contribution in [0.5, 0.6) is 11.5 Å². The standard InChI is InChI=1S/C24H21NO3/c1-13-4-2-3-5-20(13)28-15-8-6-14(7-9-15)25-23(26)21-16-10-11-17(19-12-18(16)19)22(21)24(25)27/h2-11,16-19,21-22H,12H2,1H3/t16-,17-,18-,19-,21-,22+/m0/s1. The third-order valence-electron chi connectivity index (χ3n) is 7.08. The Kier molecular flexibility index (Phi) is 3.20. The fourth-order valence-corrected chi connectivity index (χ4v) is 5.67. The van der Waals surface area contributed by atoms with Gasteiger partial charge in [-0.15, -0.1) is 0 Å². The molecule has 2 aromatic carbocycles. The fourth-order valence-electron chi connectivity index (χ4n) is 5.67. The molecule has 4 nitrogen and oxygen atoms in total. The van der Waals surface area contributed by atoms with Crippen LogP contribution in [0.15, 0.2) is 60.7 Å². The number of para-hydroxylation sites is 1. The van der Waals surface area contributed by atoms with Gasteiger partial charge in [-0.1, -0.05) is 30.4 Å². The van der Waals surface area contributed by atoms with Crippen LogP contribution in [0.4, 0.5) is 5.69 Å². The number of aryl methyl sites for hydroxylation is 1. The molecule has 0 aromatic heterocycles. The molecule has 3 fully saturated rings. The van der Waals surface area contributed by atoms with Gasteiger partial charge in [0.1, 0.15) is 11.5 Å². The van der Waals surface area contributed by atoms with Crippen LogP contribution >= 0.6 is 0 Å². The van der Waals surface area contributed by atoms with Crippen LogP contribution in [0, 0.1) is 42.4 Å². The van der Waals surface area contributed by atoms with Crippen LogP contribution in [-0.2, 0) is 9.59 Å². The maximum absolute atomic E-state index is 13.2. The zero-order valence-corrected chi connectivity index (χ0v) is 15.6. The summed E-state index contributed by atoms with van der Waals surface area (Å²) in [4.78, 5) is 27.8. The summed E-state index contributed by atoms with van der Waals surface area (Å²) in [5.41, 5.74) is 1.71. The smallest absolute Gasteiger partial charge is 0.238 e. The van der Waals surface area contributed by atoms with E-state index < -0.39 is 0 Å². The molecule has 0 N–H and O–H groups in total. The molecule has 28 heavy (non-hydrogen) atoms. The molecular formula is C24H21NO3. The van der Waals surface area contributed by atoms with Crippen molar-refractivity contribution in [3.63, 3.8) is 0 Å². The maximum Gasteiger partial charge on any atom is 0.238 e. The summed E-state index contributed by atoms with van der Waals surface area (Å²) in [6, 6.07) is 15.1. The molecule has 0 radical (unpaired) electrons. The number of anilines is 1. The van der Waals surface area contributed by atoms with Crippen LogP contribution < -0.4 is 9.64 Å². The molecule has 7 rings (SSSR count). The van der Waals surface area contributed by atoms with Crippen molar-refractivity contribution in [1.82, 2.24) is 0 Å². The monoisotopic (exact) mass is 371 g/mol. The van der Waals surface area contributed by atoms with Crippen molar-refractivity contribution in [3.8, 4) is 11.5 Å². The molecule has 2 bridgehead atoms. The van der Waals surface area contributed by atoms with E-state index in [1.807, 2.05) is 55.5 Å². The summed E-state index contributed by atoms with van der Waals surface area (Å²) >= 11 is 0. The van der Waals surface area contributed by atoms with E-state index in [1.54, 1.807) is 0 Å². The van der Waals surface area contributed by atoms with E-state index in [0.29, 0.717) is 23.3 Å². The first-order chi connectivity index (χ1) is 13.6. The Morgan fingerprint density at radius 1 is 0.857 bits per heavy atom.